The minimum Gasteiger partial charge on any atom is -0.497 e. The molecule has 128 valence electrons. The van der Waals surface area contributed by atoms with Crippen LogP contribution in [0.3, 0.4) is 0 Å². The first kappa shape index (κ1) is 16.8. The molecule has 5 heteroatoms. The normalized spacial score (nSPS) is 15.9. The number of benzene rings is 3. The lowest BCUT2D eigenvalue weighted by molar-refractivity contribution is -0.113. The van der Waals surface area contributed by atoms with Crippen molar-refractivity contribution in [2.75, 3.05) is 12.0 Å². The molecule has 3 nitrogen and oxygen atoms in total. The maximum absolute atomic E-state index is 13.0. The van der Waals surface area contributed by atoms with Crippen molar-refractivity contribution in [1.82, 2.24) is 0 Å². The number of hydrogen-bond acceptors (Lipinski definition) is 4. The van der Waals surface area contributed by atoms with Gasteiger partial charge in [0.25, 0.3) is 5.91 Å². The quantitative estimate of drug-likeness (QED) is 0.460. The van der Waals surface area contributed by atoms with Gasteiger partial charge < -0.3 is 4.74 Å². The van der Waals surface area contributed by atoms with Crippen LogP contribution in [0.15, 0.2) is 71.6 Å². The minimum absolute atomic E-state index is 0.110. The van der Waals surface area contributed by atoms with Crippen molar-refractivity contribution in [2.45, 2.75) is 0 Å². The Morgan fingerprint density at radius 3 is 2.65 bits per heavy atom. The first-order chi connectivity index (χ1) is 12.7. The van der Waals surface area contributed by atoms with Gasteiger partial charge in [-0.1, -0.05) is 72.5 Å². The van der Waals surface area contributed by atoms with Crippen molar-refractivity contribution in [3.05, 3.63) is 77.2 Å². The molecule has 0 saturated carbocycles. The van der Waals surface area contributed by atoms with Gasteiger partial charge in [0, 0.05) is 6.07 Å². The molecule has 3 aromatic carbocycles. The van der Waals surface area contributed by atoms with Crippen LogP contribution in [0.5, 0.6) is 5.75 Å². The van der Waals surface area contributed by atoms with Gasteiger partial charge in [-0.15, -0.1) is 0 Å². The standard InChI is InChI=1S/C21H15NO2S2/c1-24-17-10-5-9-16(13-17)22-20(23)19(26-21(22)25)12-15-8-4-7-14-6-2-3-11-18(14)15/h2-13H,1H3. The predicted octanol–water partition coefficient (Wildman–Crippen LogP) is 5.25. The van der Waals surface area contributed by atoms with E-state index in [0.29, 0.717) is 20.7 Å². The third-order valence-electron chi connectivity index (χ3n) is 4.22. The summed E-state index contributed by atoms with van der Waals surface area (Å²) in [5.74, 6) is 0.579. The fourth-order valence-electron chi connectivity index (χ4n) is 2.96. The second-order valence-corrected chi connectivity index (χ2v) is 7.46. The van der Waals surface area contributed by atoms with Crippen molar-refractivity contribution in [3.8, 4) is 5.75 Å². The van der Waals surface area contributed by atoms with Crippen LogP contribution in [-0.2, 0) is 4.79 Å². The average Bonchev–Trinajstić information content (AvgIpc) is 2.95. The molecule has 0 aromatic heterocycles. The summed E-state index contributed by atoms with van der Waals surface area (Å²) in [6.45, 7) is 0. The molecule has 1 heterocycles. The molecule has 1 aliphatic heterocycles. The zero-order chi connectivity index (χ0) is 18.1. The topological polar surface area (TPSA) is 29.5 Å². The Morgan fingerprint density at radius 1 is 1.04 bits per heavy atom. The van der Waals surface area contributed by atoms with E-state index in [9.17, 15) is 4.79 Å². The zero-order valence-corrected chi connectivity index (χ0v) is 15.6. The monoisotopic (exact) mass is 377 g/mol. The average molecular weight is 377 g/mol. The molecule has 1 saturated heterocycles. The number of carbonyl (C=O) groups is 1. The molecule has 0 N–H and O–H groups in total. The minimum atomic E-state index is -0.110. The summed E-state index contributed by atoms with van der Waals surface area (Å²) in [6.07, 6.45) is 1.92. The zero-order valence-electron chi connectivity index (χ0n) is 14.0. The smallest absolute Gasteiger partial charge is 0.270 e. The summed E-state index contributed by atoms with van der Waals surface area (Å²) in [6, 6.07) is 21.6. The van der Waals surface area contributed by atoms with Gasteiger partial charge in [-0.05, 0) is 34.5 Å². The lowest BCUT2D eigenvalue weighted by Gasteiger charge is -2.15. The molecule has 0 spiro atoms. The highest BCUT2D eigenvalue weighted by molar-refractivity contribution is 8.27. The van der Waals surface area contributed by atoms with Crippen LogP contribution in [0.1, 0.15) is 5.56 Å². The summed E-state index contributed by atoms with van der Waals surface area (Å²) in [5.41, 5.74) is 1.72. The number of anilines is 1. The van der Waals surface area contributed by atoms with Gasteiger partial charge in [0.15, 0.2) is 4.32 Å². The Kier molecular flexibility index (Phi) is 4.49. The van der Waals surface area contributed by atoms with Crippen molar-refractivity contribution in [1.29, 1.82) is 0 Å². The molecule has 3 aromatic rings. The van der Waals surface area contributed by atoms with E-state index >= 15 is 0 Å². The molecule has 0 atom stereocenters. The summed E-state index contributed by atoms with van der Waals surface area (Å²) < 4.78 is 5.78. The lowest BCUT2D eigenvalue weighted by Crippen LogP contribution is -2.27. The summed E-state index contributed by atoms with van der Waals surface area (Å²) >= 11 is 6.78. The Balaban J connectivity index is 1.73. The highest BCUT2D eigenvalue weighted by Crippen LogP contribution is 2.37. The van der Waals surface area contributed by atoms with E-state index in [-0.39, 0.29) is 5.91 Å². The number of amides is 1. The van der Waals surface area contributed by atoms with Crippen LogP contribution in [-0.4, -0.2) is 17.3 Å². The molecule has 0 aliphatic carbocycles. The van der Waals surface area contributed by atoms with E-state index in [4.69, 9.17) is 17.0 Å². The van der Waals surface area contributed by atoms with Crippen LogP contribution in [0.4, 0.5) is 5.69 Å². The largest absolute Gasteiger partial charge is 0.497 e. The highest BCUT2D eigenvalue weighted by atomic mass is 32.2. The van der Waals surface area contributed by atoms with Gasteiger partial charge in [0.2, 0.25) is 0 Å². The van der Waals surface area contributed by atoms with E-state index in [0.717, 1.165) is 16.3 Å². The third kappa shape index (κ3) is 3.00. The fourth-order valence-corrected chi connectivity index (χ4v) is 4.25. The molecule has 0 radical (unpaired) electrons. The molecule has 1 amide bonds. The van der Waals surface area contributed by atoms with Gasteiger partial charge >= 0.3 is 0 Å². The number of methoxy groups -OCH3 is 1. The fraction of sp³-hybridized carbons (Fsp3) is 0.0476. The number of carbonyl (C=O) groups excluding carboxylic acids is 1. The number of fused-ring (bicyclic) bond motifs is 1. The van der Waals surface area contributed by atoms with Gasteiger partial charge in [0.05, 0.1) is 17.7 Å². The molecule has 26 heavy (non-hydrogen) atoms. The van der Waals surface area contributed by atoms with Crippen molar-refractivity contribution in [2.24, 2.45) is 0 Å². The first-order valence-electron chi connectivity index (χ1n) is 8.07. The highest BCUT2D eigenvalue weighted by Gasteiger charge is 2.33. The maximum atomic E-state index is 13.0. The van der Waals surface area contributed by atoms with Gasteiger partial charge in [-0.2, -0.15) is 0 Å². The SMILES string of the molecule is COc1cccc(N2C(=O)C(=Cc3cccc4ccccc34)SC2=S)c1. The Labute approximate surface area is 161 Å². The molecule has 1 fully saturated rings. The molecule has 0 unspecified atom stereocenters. The van der Waals surface area contributed by atoms with Gasteiger partial charge in [-0.25, -0.2) is 0 Å². The third-order valence-corrected chi connectivity index (χ3v) is 5.52. The van der Waals surface area contributed by atoms with E-state index in [1.165, 1.54) is 11.8 Å². The Morgan fingerprint density at radius 2 is 1.81 bits per heavy atom. The number of ether oxygens (including phenoxy) is 1. The number of hydrogen-bond donors (Lipinski definition) is 0. The Bertz CT molecular complexity index is 1050. The number of thioether (sulfide) groups is 1. The van der Waals surface area contributed by atoms with E-state index in [2.05, 4.69) is 18.2 Å². The summed E-state index contributed by atoms with van der Waals surface area (Å²) in [5, 5.41) is 2.26. The summed E-state index contributed by atoms with van der Waals surface area (Å²) in [4.78, 5) is 15.1. The maximum Gasteiger partial charge on any atom is 0.270 e. The van der Waals surface area contributed by atoms with Crippen LogP contribution in [0.2, 0.25) is 0 Å². The van der Waals surface area contributed by atoms with Crippen molar-refractivity contribution >= 4 is 56.7 Å². The lowest BCUT2D eigenvalue weighted by atomic mass is 10.0. The summed E-state index contributed by atoms with van der Waals surface area (Å²) in [7, 11) is 1.60. The first-order valence-corrected chi connectivity index (χ1v) is 9.29. The molecular weight excluding hydrogens is 362 g/mol. The van der Waals surface area contributed by atoms with E-state index in [1.54, 1.807) is 12.0 Å². The number of thiocarbonyl (C=S) groups is 1. The van der Waals surface area contributed by atoms with Crippen LogP contribution in [0, 0.1) is 0 Å². The van der Waals surface area contributed by atoms with Crippen LogP contribution < -0.4 is 9.64 Å². The Hall–Kier alpha value is -2.63. The van der Waals surface area contributed by atoms with Crippen molar-refractivity contribution < 1.29 is 9.53 Å². The van der Waals surface area contributed by atoms with Gasteiger partial charge in [-0.3, -0.25) is 9.69 Å². The molecule has 4 rings (SSSR count). The van der Waals surface area contributed by atoms with Gasteiger partial charge in [0.1, 0.15) is 5.75 Å². The molecular formula is C21H15NO2S2. The predicted molar refractivity (Wildman–Crippen MR) is 113 cm³/mol. The number of nitrogens with zero attached hydrogens (tertiary/aromatic N) is 1. The molecule has 1 aliphatic rings. The second-order valence-electron chi connectivity index (χ2n) is 5.79. The molecule has 0 bridgehead atoms. The number of rotatable bonds is 3. The second kappa shape index (κ2) is 6.94. The van der Waals surface area contributed by atoms with Crippen molar-refractivity contribution in [3.63, 3.8) is 0 Å². The van der Waals surface area contributed by atoms with Crippen LogP contribution >= 0.6 is 24.0 Å². The van der Waals surface area contributed by atoms with Crippen LogP contribution in [0.25, 0.3) is 16.8 Å². The van der Waals surface area contributed by atoms with E-state index in [1.807, 2.05) is 54.6 Å². The van der Waals surface area contributed by atoms with E-state index < -0.39 is 0 Å².